The summed E-state index contributed by atoms with van der Waals surface area (Å²) in [5, 5.41) is 5.98. The van der Waals surface area contributed by atoms with Gasteiger partial charge in [0.25, 0.3) is 0 Å². The Hall–Kier alpha value is -2.78. The van der Waals surface area contributed by atoms with E-state index in [2.05, 4.69) is 28.5 Å². The number of hydrogen-bond donors (Lipinski definition) is 2. The van der Waals surface area contributed by atoms with Crippen molar-refractivity contribution in [3.8, 4) is 0 Å². The predicted molar refractivity (Wildman–Crippen MR) is 103 cm³/mol. The molecule has 0 bridgehead atoms. The molecule has 4 heteroatoms. The lowest BCUT2D eigenvalue weighted by Gasteiger charge is -2.07. The van der Waals surface area contributed by atoms with Crippen molar-refractivity contribution in [2.45, 2.75) is 13.0 Å². The molecule has 0 aliphatic carbocycles. The van der Waals surface area contributed by atoms with Gasteiger partial charge >= 0.3 is 0 Å². The van der Waals surface area contributed by atoms with Gasteiger partial charge in [-0.05, 0) is 29.3 Å². The number of amides is 1. The average Bonchev–Trinajstić information content (AvgIpc) is 2.99. The van der Waals surface area contributed by atoms with E-state index in [1.54, 1.807) is 0 Å². The zero-order chi connectivity index (χ0) is 17.2. The number of aromatic nitrogens is 1. The monoisotopic (exact) mass is 348 g/mol. The Morgan fingerprint density at radius 2 is 1.68 bits per heavy atom. The standard InChI is InChI=1S/C21H17ClN2O/c22-18-7-3-1-5-15(18)13-23-21(25)12-14-9-10-17-16-6-2-4-8-19(16)24-20(17)11-14/h1-11,24H,12-13H2,(H,23,25). The number of benzene rings is 3. The first kappa shape index (κ1) is 15.7. The van der Waals surface area contributed by atoms with Crippen molar-refractivity contribution in [3.63, 3.8) is 0 Å². The van der Waals surface area contributed by atoms with Crippen LogP contribution in [0, 0.1) is 0 Å². The molecule has 124 valence electrons. The second kappa shape index (κ2) is 6.61. The molecule has 3 nitrogen and oxygen atoms in total. The number of hydrogen-bond acceptors (Lipinski definition) is 1. The maximum atomic E-state index is 12.2. The van der Waals surface area contributed by atoms with E-state index in [4.69, 9.17) is 11.6 Å². The summed E-state index contributed by atoms with van der Waals surface area (Å²) in [6, 6.07) is 21.9. The first-order chi connectivity index (χ1) is 12.2. The van der Waals surface area contributed by atoms with Crippen molar-refractivity contribution in [1.29, 1.82) is 0 Å². The summed E-state index contributed by atoms with van der Waals surface area (Å²) in [6.45, 7) is 0.438. The maximum absolute atomic E-state index is 12.2. The van der Waals surface area contributed by atoms with Gasteiger partial charge in [-0.1, -0.05) is 60.1 Å². The van der Waals surface area contributed by atoms with Gasteiger partial charge in [-0.2, -0.15) is 0 Å². The van der Waals surface area contributed by atoms with Crippen molar-refractivity contribution >= 4 is 39.3 Å². The first-order valence-corrected chi connectivity index (χ1v) is 8.58. The number of nitrogens with one attached hydrogen (secondary N) is 2. The third-order valence-electron chi connectivity index (χ3n) is 4.37. The number of halogens is 1. The van der Waals surface area contributed by atoms with Crippen LogP contribution >= 0.6 is 11.6 Å². The van der Waals surface area contributed by atoms with Crippen LogP contribution in [0.5, 0.6) is 0 Å². The fourth-order valence-corrected chi connectivity index (χ4v) is 3.30. The van der Waals surface area contributed by atoms with E-state index < -0.39 is 0 Å². The predicted octanol–water partition coefficient (Wildman–Crippen LogP) is 4.83. The van der Waals surface area contributed by atoms with Gasteiger partial charge < -0.3 is 10.3 Å². The van der Waals surface area contributed by atoms with Crippen molar-refractivity contribution in [2.24, 2.45) is 0 Å². The molecule has 4 aromatic rings. The van der Waals surface area contributed by atoms with Crippen LogP contribution in [0.25, 0.3) is 21.8 Å². The SMILES string of the molecule is O=C(Cc1ccc2c(c1)[nH]c1ccccc12)NCc1ccccc1Cl. The average molecular weight is 349 g/mol. The molecule has 0 fully saturated rings. The lowest BCUT2D eigenvalue weighted by Crippen LogP contribution is -2.24. The zero-order valence-corrected chi connectivity index (χ0v) is 14.3. The fourth-order valence-electron chi connectivity index (χ4n) is 3.10. The molecule has 0 aliphatic rings. The van der Waals surface area contributed by atoms with E-state index >= 15 is 0 Å². The Bertz CT molecular complexity index is 1070. The van der Waals surface area contributed by atoms with Crippen LogP contribution in [0.2, 0.25) is 5.02 Å². The summed E-state index contributed by atoms with van der Waals surface area (Å²) in [4.78, 5) is 15.6. The highest BCUT2D eigenvalue weighted by atomic mass is 35.5. The van der Waals surface area contributed by atoms with Gasteiger partial charge in [0.15, 0.2) is 0 Å². The number of rotatable bonds is 4. The summed E-state index contributed by atoms with van der Waals surface area (Å²) in [5.74, 6) is -0.0182. The van der Waals surface area contributed by atoms with Gasteiger partial charge in [-0.15, -0.1) is 0 Å². The third-order valence-corrected chi connectivity index (χ3v) is 4.74. The van der Waals surface area contributed by atoms with E-state index in [9.17, 15) is 4.79 Å². The summed E-state index contributed by atoms with van der Waals surface area (Å²) >= 11 is 6.12. The van der Waals surface area contributed by atoms with Gasteiger partial charge in [0.1, 0.15) is 0 Å². The molecule has 0 atom stereocenters. The number of H-pyrrole nitrogens is 1. The number of carbonyl (C=O) groups is 1. The first-order valence-electron chi connectivity index (χ1n) is 8.20. The normalized spacial score (nSPS) is 11.1. The summed E-state index contributed by atoms with van der Waals surface area (Å²) in [7, 11) is 0. The molecule has 0 spiro atoms. The molecule has 3 aromatic carbocycles. The molecule has 4 rings (SSSR count). The molecule has 0 aliphatic heterocycles. The van der Waals surface area contributed by atoms with Gasteiger partial charge in [-0.3, -0.25) is 4.79 Å². The molecule has 1 heterocycles. The molecular weight excluding hydrogens is 332 g/mol. The molecule has 0 radical (unpaired) electrons. The zero-order valence-electron chi connectivity index (χ0n) is 13.6. The van der Waals surface area contributed by atoms with Crippen molar-refractivity contribution in [3.05, 3.63) is 82.9 Å². The Balaban J connectivity index is 1.49. The Kier molecular flexibility index (Phi) is 4.16. The van der Waals surface area contributed by atoms with Crippen LogP contribution in [0.3, 0.4) is 0 Å². The van der Waals surface area contributed by atoms with Crippen LogP contribution in [0.1, 0.15) is 11.1 Å². The second-order valence-electron chi connectivity index (χ2n) is 6.10. The van der Waals surface area contributed by atoms with Crippen molar-refractivity contribution in [1.82, 2.24) is 10.3 Å². The Morgan fingerprint density at radius 1 is 0.920 bits per heavy atom. The minimum absolute atomic E-state index is 0.0182. The molecule has 1 aromatic heterocycles. The highest BCUT2D eigenvalue weighted by Gasteiger charge is 2.08. The van der Waals surface area contributed by atoms with E-state index in [-0.39, 0.29) is 5.91 Å². The van der Waals surface area contributed by atoms with Crippen LogP contribution in [0.15, 0.2) is 66.7 Å². The van der Waals surface area contributed by atoms with E-state index in [1.165, 1.54) is 10.8 Å². The molecule has 1 amide bonds. The molecule has 0 saturated carbocycles. The minimum atomic E-state index is -0.0182. The molecule has 2 N–H and O–H groups in total. The van der Waals surface area contributed by atoms with Gasteiger partial charge in [0.2, 0.25) is 5.91 Å². The van der Waals surface area contributed by atoms with Gasteiger partial charge in [0, 0.05) is 33.4 Å². The smallest absolute Gasteiger partial charge is 0.224 e. The molecular formula is C21H17ClN2O. The fraction of sp³-hybridized carbons (Fsp3) is 0.0952. The van der Waals surface area contributed by atoms with E-state index in [1.807, 2.05) is 48.5 Å². The molecule has 0 unspecified atom stereocenters. The van der Waals surface area contributed by atoms with Crippen LogP contribution in [-0.2, 0) is 17.8 Å². The van der Waals surface area contributed by atoms with Crippen molar-refractivity contribution in [2.75, 3.05) is 0 Å². The number of carbonyl (C=O) groups excluding carboxylic acids is 1. The van der Waals surface area contributed by atoms with Crippen LogP contribution < -0.4 is 5.32 Å². The van der Waals surface area contributed by atoms with E-state index in [0.717, 1.165) is 22.2 Å². The van der Waals surface area contributed by atoms with Crippen molar-refractivity contribution < 1.29 is 4.79 Å². The van der Waals surface area contributed by atoms with Gasteiger partial charge in [-0.25, -0.2) is 0 Å². The molecule has 25 heavy (non-hydrogen) atoms. The third kappa shape index (κ3) is 3.24. The molecule has 0 saturated heterocycles. The minimum Gasteiger partial charge on any atom is -0.355 e. The van der Waals surface area contributed by atoms with Crippen LogP contribution in [0.4, 0.5) is 0 Å². The lowest BCUT2D eigenvalue weighted by molar-refractivity contribution is -0.120. The highest BCUT2D eigenvalue weighted by molar-refractivity contribution is 6.31. The summed E-state index contributed by atoms with van der Waals surface area (Å²) in [6.07, 6.45) is 0.343. The largest absolute Gasteiger partial charge is 0.355 e. The lowest BCUT2D eigenvalue weighted by atomic mass is 10.1. The Labute approximate surface area is 150 Å². The number of aromatic amines is 1. The summed E-state index contributed by atoms with van der Waals surface area (Å²) < 4.78 is 0. The summed E-state index contributed by atoms with van der Waals surface area (Å²) in [5.41, 5.74) is 4.06. The topological polar surface area (TPSA) is 44.9 Å². The number of fused-ring (bicyclic) bond motifs is 3. The maximum Gasteiger partial charge on any atom is 0.224 e. The van der Waals surface area contributed by atoms with Crippen LogP contribution in [-0.4, -0.2) is 10.9 Å². The Morgan fingerprint density at radius 3 is 2.56 bits per heavy atom. The van der Waals surface area contributed by atoms with E-state index in [0.29, 0.717) is 18.0 Å². The number of para-hydroxylation sites is 1. The highest BCUT2D eigenvalue weighted by Crippen LogP contribution is 2.26. The quantitative estimate of drug-likeness (QED) is 0.545. The second-order valence-corrected chi connectivity index (χ2v) is 6.50. The van der Waals surface area contributed by atoms with Gasteiger partial charge in [0.05, 0.1) is 6.42 Å².